The number of carbonyl (C=O) groups is 1. The number of benzene rings is 2. The molecule has 2 aromatic carbocycles. The first-order valence-corrected chi connectivity index (χ1v) is 11.3. The van der Waals surface area contributed by atoms with Gasteiger partial charge < -0.3 is 18.9 Å². The van der Waals surface area contributed by atoms with Crippen LogP contribution in [0, 0.1) is 5.82 Å². The van der Waals surface area contributed by atoms with Crippen molar-refractivity contribution >= 4 is 11.4 Å². The smallest absolute Gasteiger partial charge is 0.203 e. The highest BCUT2D eigenvalue weighted by Crippen LogP contribution is 2.43. The fraction of sp³-hybridized carbons (Fsp3) is 0.308. The molecule has 2 heterocycles. The molecule has 1 unspecified atom stereocenters. The summed E-state index contributed by atoms with van der Waals surface area (Å²) in [5.74, 6) is 0.879. The first kappa shape index (κ1) is 23.7. The molecule has 5 rings (SSSR count). The second-order valence-corrected chi connectivity index (χ2v) is 8.48. The third-order valence-electron chi connectivity index (χ3n) is 6.42. The number of halogens is 1. The van der Waals surface area contributed by atoms with Gasteiger partial charge >= 0.3 is 0 Å². The van der Waals surface area contributed by atoms with Gasteiger partial charge in [-0.05, 0) is 47.7 Å². The Kier molecular flexibility index (Phi) is 6.27. The molecule has 0 spiro atoms. The predicted octanol–water partition coefficient (Wildman–Crippen LogP) is 4.02. The summed E-state index contributed by atoms with van der Waals surface area (Å²) in [6.45, 7) is 0.217. The zero-order valence-electron chi connectivity index (χ0n) is 20.4. The number of methoxy groups -OCH3 is 4. The van der Waals surface area contributed by atoms with Crippen LogP contribution in [-0.2, 0) is 17.8 Å². The highest BCUT2D eigenvalue weighted by molar-refractivity contribution is 5.97. The fourth-order valence-electron chi connectivity index (χ4n) is 4.74. The quantitative estimate of drug-likeness (QED) is 0.382. The van der Waals surface area contributed by atoms with E-state index in [4.69, 9.17) is 24.0 Å². The van der Waals surface area contributed by atoms with Crippen LogP contribution < -0.4 is 14.2 Å². The van der Waals surface area contributed by atoms with Gasteiger partial charge in [0.15, 0.2) is 28.6 Å². The van der Waals surface area contributed by atoms with E-state index >= 15 is 0 Å². The van der Waals surface area contributed by atoms with Crippen LogP contribution in [0.1, 0.15) is 39.8 Å². The summed E-state index contributed by atoms with van der Waals surface area (Å²) in [6.07, 6.45) is 0.742. The number of ketones is 1. The van der Waals surface area contributed by atoms with Gasteiger partial charge in [-0.1, -0.05) is 12.1 Å². The van der Waals surface area contributed by atoms with Gasteiger partial charge in [0.05, 0.1) is 44.9 Å². The fourth-order valence-corrected chi connectivity index (χ4v) is 4.74. The number of fused-ring (bicyclic) bond motifs is 3. The van der Waals surface area contributed by atoms with Crippen LogP contribution in [0.5, 0.6) is 17.2 Å². The summed E-state index contributed by atoms with van der Waals surface area (Å²) >= 11 is 0. The molecule has 1 aliphatic rings. The van der Waals surface area contributed by atoms with Crippen molar-refractivity contribution in [2.45, 2.75) is 25.4 Å². The Balaban J connectivity index is 1.65. The van der Waals surface area contributed by atoms with E-state index in [1.165, 1.54) is 12.1 Å². The SMILES string of the molecule is COCc1nn2c3c(nnc2c1-c1ccc(F)cc1)C(=O)CC(c1cc(OC)c(OC)c(OC)c1)C3. The van der Waals surface area contributed by atoms with Crippen molar-refractivity contribution in [1.29, 1.82) is 0 Å². The van der Waals surface area contributed by atoms with Crippen LogP contribution in [0.3, 0.4) is 0 Å². The monoisotopic (exact) mass is 492 g/mol. The Hall–Kier alpha value is -4.05. The molecule has 2 aromatic heterocycles. The second kappa shape index (κ2) is 9.54. The molecule has 10 heteroatoms. The first-order chi connectivity index (χ1) is 17.5. The Morgan fingerprint density at radius 1 is 0.972 bits per heavy atom. The van der Waals surface area contributed by atoms with E-state index in [0.29, 0.717) is 52.0 Å². The molecule has 0 bridgehead atoms. The Labute approximate surface area is 206 Å². The second-order valence-electron chi connectivity index (χ2n) is 8.48. The summed E-state index contributed by atoms with van der Waals surface area (Å²) in [5, 5.41) is 13.4. The molecule has 0 N–H and O–H groups in total. The minimum absolute atomic E-state index is 0.128. The van der Waals surface area contributed by atoms with Gasteiger partial charge in [0.25, 0.3) is 0 Å². The van der Waals surface area contributed by atoms with Crippen molar-refractivity contribution in [2.75, 3.05) is 28.4 Å². The number of ether oxygens (including phenoxy) is 4. The molecule has 0 saturated carbocycles. The number of aromatic nitrogens is 4. The Morgan fingerprint density at radius 3 is 2.28 bits per heavy atom. The van der Waals surface area contributed by atoms with Gasteiger partial charge in [-0.2, -0.15) is 5.10 Å². The van der Waals surface area contributed by atoms with Crippen molar-refractivity contribution in [3.05, 3.63) is 64.9 Å². The zero-order chi connectivity index (χ0) is 25.4. The molecule has 1 aliphatic carbocycles. The zero-order valence-corrected chi connectivity index (χ0v) is 20.4. The summed E-state index contributed by atoms with van der Waals surface area (Å²) in [6, 6.07) is 9.81. The maximum absolute atomic E-state index is 13.6. The summed E-state index contributed by atoms with van der Waals surface area (Å²) in [4.78, 5) is 13.2. The minimum Gasteiger partial charge on any atom is -0.493 e. The predicted molar refractivity (Wildman–Crippen MR) is 128 cm³/mol. The highest BCUT2D eigenvalue weighted by Gasteiger charge is 2.33. The maximum Gasteiger partial charge on any atom is 0.203 e. The van der Waals surface area contributed by atoms with E-state index in [0.717, 1.165) is 11.1 Å². The molecule has 186 valence electrons. The van der Waals surface area contributed by atoms with Gasteiger partial charge in [0.2, 0.25) is 5.75 Å². The van der Waals surface area contributed by atoms with Crippen molar-refractivity contribution in [1.82, 2.24) is 19.8 Å². The lowest BCUT2D eigenvalue weighted by Gasteiger charge is -2.24. The lowest BCUT2D eigenvalue weighted by Crippen LogP contribution is -2.24. The number of rotatable bonds is 7. The maximum atomic E-state index is 13.6. The average Bonchev–Trinajstić information content (AvgIpc) is 3.26. The third kappa shape index (κ3) is 3.93. The molecule has 4 aromatic rings. The van der Waals surface area contributed by atoms with E-state index < -0.39 is 0 Å². The van der Waals surface area contributed by atoms with Crippen molar-refractivity contribution in [2.24, 2.45) is 0 Å². The normalized spacial score (nSPS) is 15.1. The molecule has 0 saturated heterocycles. The van der Waals surface area contributed by atoms with Crippen LogP contribution in [-0.4, -0.2) is 54.0 Å². The number of hydrogen-bond donors (Lipinski definition) is 0. The lowest BCUT2D eigenvalue weighted by atomic mass is 9.83. The van der Waals surface area contributed by atoms with Crippen LogP contribution in [0.15, 0.2) is 36.4 Å². The largest absolute Gasteiger partial charge is 0.493 e. The molecular weight excluding hydrogens is 467 g/mol. The molecule has 0 fully saturated rings. The van der Waals surface area contributed by atoms with Gasteiger partial charge in [0.1, 0.15) is 5.82 Å². The Morgan fingerprint density at radius 2 is 1.67 bits per heavy atom. The summed E-state index contributed by atoms with van der Waals surface area (Å²) < 4.78 is 37.1. The van der Waals surface area contributed by atoms with E-state index in [-0.39, 0.29) is 30.5 Å². The minimum atomic E-state index is -0.342. The molecule has 1 atom stereocenters. The van der Waals surface area contributed by atoms with Crippen molar-refractivity contribution in [3.63, 3.8) is 0 Å². The molecule has 0 radical (unpaired) electrons. The van der Waals surface area contributed by atoms with E-state index in [1.54, 1.807) is 45.1 Å². The standard InChI is InChI=1S/C26H25FN4O5/c1-33-13-18-23(14-5-7-17(27)8-6-14)26-29-28-24-19(31(26)30-18)9-15(10-20(24)32)16-11-21(34-2)25(36-4)22(12-16)35-3/h5-8,11-12,15H,9-10,13H2,1-4H3. The van der Waals surface area contributed by atoms with Crippen LogP contribution in [0.4, 0.5) is 4.39 Å². The van der Waals surface area contributed by atoms with Crippen molar-refractivity contribution in [3.8, 4) is 28.4 Å². The number of carbonyl (C=O) groups excluding carboxylic acids is 1. The van der Waals surface area contributed by atoms with E-state index in [9.17, 15) is 9.18 Å². The number of nitrogens with zero attached hydrogens (tertiary/aromatic N) is 4. The average molecular weight is 493 g/mol. The van der Waals surface area contributed by atoms with Crippen LogP contribution in [0.2, 0.25) is 0 Å². The third-order valence-corrected chi connectivity index (χ3v) is 6.42. The van der Waals surface area contributed by atoms with Gasteiger partial charge in [-0.15, -0.1) is 10.2 Å². The van der Waals surface area contributed by atoms with Gasteiger partial charge in [0, 0.05) is 13.5 Å². The Bertz CT molecular complexity index is 1430. The van der Waals surface area contributed by atoms with Gasteiger partial charge in [-0.25, -0.2) is 8.91 Å². The molecule has 0 aliphatic heterocycles. The molecular formula is C26H25FN4O5. The number of hydrogen-bond acceptors (Lipinski definition) is 8. The topological polar surface area (TPSA) is 97.1 Å². The number of Topliss-reactive ketones (excluding diaryl/α,β-unsaturated/α-hetero) is 1. The van der Waals surface area contributed by atoms with Crippen molar-refractivity contribution < 1.29 is 28.1 Å². The van der Waals surface area contributed by atoms with Crippen LogP contribution >= 0.6 is 0 Å². The highest BCUT2D eigenvalue weighted by atomic mass is 19.1. The first-order valence-electron chi connectivity index (χ1n) is 11.3. The molecule has 9 nitrogen and oxygen atoms in total. The van der Waals surface area contributed by atoms with Crippen LogP contribution in [0.25, 0.3) is 16.8 Å². The lowest BCUT2D eigenvalue weighted by molar-refractivity contribution is 0.0955. The van der Waals surface area contributed by atoms with Gasteiger partial charge in [-0.3, -0.25) is 4.79 Å². The molecule has 0 amide bonds. The summed E-state index contributed by atoms with van der Waals surface area (Å²) in [5.41, 5.74) is 4.34. The summed E-state index contributed by atoms with van der Waals surface area (Å²) in [7, 11) is 6.23. The van der Waals surface area contributed by atoms with E-state index in [1.807, 2.05) is 12.1 Å². The van der Waals surface area contributed by atoms with E-state index in [2.05, 4.69) is 10.2 Å². The molecule has 36 heavy (non-hydrogen) atoms.